The Hall–Kier alpha value is -0.940. The number of hydrogen-bond acceptors (Lipinski definition) is 4. The Labute approximate surface area is 160 Å². The molecule has 0 fully saturated rings. The summed E-state index contributed by atoms with van der Waals surface area (Å²) in [5.74, 6) is 0.508. The molecule has 0 radical (unpaired) electrons. The lowest BCUT2D eigenvalue weighted by atomic mass is 9.74. The molecule has 0 amide bonds. The molecule has 0 unspecified atom stereocenters. The van der Waals surface area contributed by atoms with E-state index in [1.54, 1.807) is 0 Å². The van der Waals surface area contributed by atoms with Crippen molar-refractivity contribution in [1.29, 1.82) is 0 Å². The Morgan fingerprint density at radius 2 is 1.15 bits per heavy atom. The average molecular weight is 367 g/mol. The van der Waals surface area contributed by atoms with Crippen molar-refractivity contribution in [3.05, 3.63) is 34.9 Å². The van der Waals surface area contributed by atoms with Gasteiger partial charge in [0.25, 0.3) is 0 Å². The lowest BCUT2D eigenvalue weighted by molar-refractivity contribution is -0.156. The highest BCUT2D eigenvalue weighted by molar-refractivity contribution is 5.37. The molecule has 1 aromatic rings. The SMILES string of the molecule is CCOC(OCC)c1ccc(C(C)(C)C(C)C)cc1C(OCC)OCC. The summed E-state index contributed by atoms with van der Waals surface area (Å²) in [4.78, 5) is 0. The molecular formula is C22H38O4. The summed E-state index contributed by atoms with van der Waals surface area (Å²) < 4.78 is 23.5. The molecule has 4 heteroatoms. The molecule has 0 bridgehead atoms. The zero-order chi connectivity index (χ0) is 19.7. The first-order valence-electron chi connectivity index (χ1n) is 9.93. The fraction of sp³-hybridized carbons (Fsp3) is 0.727. The molecule has 0 spiro atoms. The largest absolute Gasteiger partial charge is 0.349 e. The van der Waals surface area contributed by atoms with Crippen LogP contribution in [0.15, 0.2) is 18.2 Å². The standard InChI is InChI=1S/C22H38O4/c1-9-23-20(24-10-2)18-14-13-17(22(7,8)16(5)6)15-19(18)21(25-11-3)26-12-4/h13-16,20-21H,9-12H2,1-8H3. The third kappa shape index (κ3) is 5.78. The Balaban J connectivity index is 3.47. The van der Waals surface area contributed by atoms with E-state index in [0.717, 1.165) is 11.1 Å². The number of rotatable bonds is 12. The van der Waals surface area contributed by atoms with Crippen molar-refractivity contribution in [1.82, 2.24) is 0 Å². The second-order valence-corrected chi connectivity index (χ2v) is 7.21. The second kappa shape index (κ2) is 11.0. The molecule has 0 aromatic heterocycles. The highest BCUT2D eigenvalue weighted by Gasteiger charge is 2.29. The lowest BCUT2D eigenvalue weighted by Gasteiger charge is -2.32. The summed E-state index contributed by atoms with van der Waals surface area (Å²) in [6.45, 7) is 19.3. The van der Waals surface area contributed by atoms with Crippen LogP contribution in [0, 0.1) is 5.92 Å². The van der Waals surface area contributed by atoms with Gasteiger partial charge in [0.15, 0.2) is 12.6 Å². The van der Waals surface area contributed by atoms with Crippen LogP contribution in [0.4, 0.5) is 0 Å². The maximum atomic E-state index is 5.91. The number of hydrogen-bond donors (Lipinski definition) is 0. The first-order chi connectivity index (χ1) is 12.3. The normalized spacial score (nSPS) is 12.6. The molecule has 1 aromatic carbocycles. The fourth-order valence-electron chi connectivity index (χ4n) is 2.79. The van der Waals surface area contributed by atoms with Gasteiger partial charge in [-0.2, -0.15) is 0 Å². The summed E-state index contributed by atoms with van der Waals surface area (Å²) >= 11 is 0. The van der Waals surface area contributed by atoms with Crippen LogP contribution in [0.1, 0.15) is 84.7 Å². The Kier molecular flexibility index (Phi) is 9.80. The summed E-state index contributed by atoms with van der Waals surface area (Å²) in [5.41, 5.74) is 3.28. The molecule has 0 heterocycles. The van der Waals surface area contributed by atoms with Crippen molar-refractivity contribution < 1.29 is 18.9 Å². The number of benzene rings is 1. The quantitative estimate of drug-likeness (QED) is 0.440. The van der Waals surface area contributed by atoms with E-state index in [-0.39, 0.29) is 5.41 Å². The van der Waals surface area contributed by atoms with Gasteiger partial charge in [-0.15, -0.1) is 0 Å². The number of ether oxygens (including phenoxy) is 4. The predicted molar refractivity (Wildman–Crippen MR) is 106 cm³/mol. The van der Waals surface area contributed by atoms with Gasteiger partial charge in [-0.05, 0) is 50.7 Å². The molecule has 0 atom stereocenters. The Bertz CT molecular complexity index is 513. The highest BCUT2D eigenvalue weighted by atomic mass is 16.7. The minimum Gasteiger partial charge on any atom is -0.349 e. The van der Waals surface area contributed by atoms with E-state index in [0.29, 0.717) is 32.3 Å². The van der Waals surface area contributed by atoms with Crippen LogP contribution in [0.5, 0.6) is 0 Å². The van der Waals surface area contributed by atoms with E-state index in [2.05, 4.69) is 45.9 Å². The Morgan fingerprint density at radius 3 is 1.54 bits per heavy atom. The third-order valence-electron chi connectivity index (χ3n) is 5.05. The summed E-state index contributed by atoms with van der Waals surface area (Å²) in [5, 5.41) is 0. The van der Waals surface area contributed by atoms with Gasteiger partial charge < -0.3 is 18.9 Å². The maximum Gasteiger partial charge on any atom is 0.184 e. The van der Waals surface area contributed by atoms with Gasteiger partial charge in [-0.3, -0.25) is 0 Å². The van der Waals surface area contributed by atoms with Crippen LogP contribution < -0.4 is 0 Å². The van der Waals surface area contributed by atoms with E-state index in [1.807, 2.05) is 27.7 Å². The van der Waals surface area contributed by atoms with Crippen molar-refractivity contribution in [2.75, 3.05) is 26.4 Å². The van der Waals surface area contributed by atoms with E-state index >= 15 is 0 Å². The molecule has 26 heavy (non-hydrogen) atoms. The second-order valence-electron chi connectivity index (χ2n) is 7.21. The van der Waals surface area contributed by atoms with E-state index in [4.69, 9.17) is 18.9 Å². The highest BCUT2D eigenvalue weighted by Crippen LogP contribution is 2.37. The smallest absolute Gasteiger partial charge is 0.184 e. The molecule has 0 saturated carbocycles. The van der Waals surface area contributed by atoms with Crippen molar-refractivity contribution in [3.63, 3.8) is 0 Å². The van der Waals surface area contributed by atoms with Crippen molar-refractivity contribution >= 4 is 0 Å². The minimum absolute atomic E-state index is 0.0446. The van der Waals surface area contributed by atoms with Crippen molar-refractivity contribution in [2.45, 2.75) is 73.4 Å². The summed E-state index contributed by atoms with van der Waals surface area (Å²) in [7, 11) is 0. The van der Waals surface area contributed by atoms with E-state index in [1.165, 1.54) is 5.56 Å². The molecule has 1 rings (SSSR count). The van der Waals surface area contributed by atoms with Gasteiger partial charge >= 0.3 is 0 Å². The van der Waals surface area contributed by atoms with Crippen LogP contribution in [0.25, 0.3) is 0 Å². The zero-order valence-electron chi connectivity index (χ0n) is 17.9. The molecule has 0 aliphatic carbocycles. The van der Waals surface area contributed by atoms with Crippen molar-refractivity contribution in [2.24, 2.45) is 5.92 Å². The molecule has 0 saturated heterocycles. The van der Waals surface area contributed by atoms with Crippen LogP contribution in [-0.2, 0) is 24.4 Å². The third-order valence-corrected chi connectivity index (χ3v) is 5.05. The van der Waals surface area contributed by atoms with E-state index < -0.39 is 12.6 Å². The van der Waals surface area contributed by atoms with Gasteiger partial charge in [-0.25, -0.2) is 0 Å². The predicted octanol–water partition coefficient (Wildman–Crippen LogP) is 5.76. The monoisotopic (exact) mass is 366 g/mol. The minimum atomic E-state index is -0.425. The first kappa shape index (κ1) is 23.1. The first-order valence-corrected chi connectivity index (χ1v) is 9.93. The molecular weight excluding hydrogens is 328 g/mol. The van der Waals surface area contributed by atoms with Crippen LogP contribution in [0.2, 0.25) is 0 Å². The molecule has 4 nitrogen and oxygen atoms in total. The molecule has 150 valence electrons. The maximum absolute atomic E-state index is 5.91. The average Bonchev–Trinajstić information content (AvgIpc) is 2.60. The fourth-order valence-corrected chi connectivity index (χ4v) is 2.79. The van der Waals surface area contributed by atoms with E-state index in [9.17, 15) is 0 Å². The van der Waals surface area contributed by atoms with Gasteiger partial charge in [0.2, 0.25) is 0 Å². The molecule has 0 N–H and O–H groups in total. The van der Waals surface area contributed by atoms with Crippen molar-refractivity contribution in [3.8, 4) is 0 Å². The topological polar surface area (TPSA) is 36.9 Å². The van der Waals surface area contributed by atoms with Crippen LogP contribution in [-0.4, -0.2) is 26.4 Å². The van der Waals surface area contributed by atoms with Gasteiger partial charge in [0.1, 0.15) is 0 Å². The van der Waals surface area contributed by atoms with Crippen LogP contribution >= 0.6 is 0 Å². The lowest BCUT2D eigenvalue weighted by Crippen LogP contribution is -2.25. The molecule has 0 aliphatic rings. The zero-order valence-corrected chi connectivity index (χ0v) is 17.9. The Morgan fingerprint density at radius 1 is 0.731 bits per heavy atom. The van der Waals surface area contributed by atoms with Gasteiger partial charge in [0.05, 0.1) is 0 Å². The van der Waals surface area contributed by atoms with Crippen LogP contribution in [0.3, 0.4) is 0 Å². The summed E-state index contributed by atoms with van der Waals surface area (Å²) in [6.07, 6.45) is -0.842. The summed E-state index contributed by atoms with van der Waals surface area (Å²) in [6, 6.07) is 6.49. The molecule has 0 aliphatic heterocycles. The van der Waals surface area contributed by atoms with Gasteiger partial charge in [0, 0.05) is 37.6 Å². The van der Waals surface area contributed by atoms with Gasteiger partial charge in [-0.1, -0.05) is 39.8 Å².